The first-order valence-electron chi connectivity index (χ1n) is 3.56. The van der Waals surface area contributed by atoms with Gasteiger partial charge in [-0.3, -0.25) is 4.99 Å². The predicted molar refractivity (Wildman–Crippen MR) is 47.0 cm³/mol. The van der Waals surface area contributed by atoms with Gasteiger partial charge in [0.2, 0.25) is 0 Å². The van der Waals surface area contributed by atoms with Crippen LogP contribution in [0.3, 0.4) is 0 Å². The third-order valence-corrected chi connectivity index (χ3v) is 1.43. The zero-order chi connectivity index (χ0) is 8.74. The zero-order valence-corrected chi connectivity index (χ0v) is 6.99. The zero-order valence-electron chi connectivity index (χ0n) is 6.99. The van der Waals surface area contributed by atoms with Crippen molar-refractivity contribution in [2.24, 2.45) is 15.7 Å². The van der Waals surface area contributed by atoms with E-state index in [1.165, 1.54) is 6.34 Å². The number of nitrogens with two attached hydrogens (primary N) is 1. The van der Waals surface area contributed by atoms with Crippen molar-refractivity contribution in [3.63, 3.8) is 0 Å². The van der Waals surface area contributed by atoms with E-state index in [4.69, 9.17) is 5.73 Å². The summed E-state index contributed by atoms with van der Waals surface area (Å²) in [6.45, 7) is 4.00. The van der Waals surface area contributed by atoms with Gasteiger partial charge in [0.15, 0.2) is 0 Å². The van der Waals surface area contributed by atoms with Crippen molar-refractivity contribution in [1.82, 2.24) is 0 Å². The van der Waals surface area contributed by atoms with Gasteiger partial charge >= 0.3 is 0 Å². The maximum atomic E-state index is 9.43. The van der Waals surface area contributed by atoms with E-state index < -0.39 is 5.60 Å². The Balaban J connectivity index is 3.68. The van der Waals surface area contributed by atoms with Crippen molar-refractivity contribution in [3.05, 3.63) is 0 Å². The summed E-state index contributed by atoms with van der Waals surface area (Å²) in [5, 5.41) is 9.43. The molecule has 0 aromatic carbocycles. The van der Waals surface area contributed by atoms with Crippen molar-refractivity contribution in [1.29, 1.82) is 0 Å². The van der Waals surface area contributed by atoms with Gasteiger partial charge < -0.3 is 10.8 Å². The van der Waals surface area contributed by atoms with E-state index in [0.29, 0.717) is 13.0 Å². The van der Waals surface area contributed by atoms with Crippen molar-refractivity contribution in [2.75, 3.05) is 6.54 Å². The van der Waals surface area contributed by atoms with Gasteiger partial charge in [0.05, 0.1) is 18.5 Å². The van der Waals surface area contributed by atoms with Crippen LogP contribution >= 0.6 is 0 Å². The summed E-state index contributed by atoms with van der Waals surface area (Å²) < 4.78 is 0. The minimum absolute atomic E-state index is 0.362. The van der Waals surface area contributed by atoms with Crippen molar-refractivity contribution in [2.45, 2.75) is 25.9 Å². The summed E-state index contributed by atoms with van der Waals surface area (Å²) in [6, 6.07) is 0. The number of hydrogen-bond acceptors (Lipinski definition) is 2. The highest BCUT2D eigenvalue weighted by molar-refractivity contribution is 5.69. The SMILES string of the molecule is CCC(C)(O)CN=CN=CN. The maximum Gasteiger partial charge on any atom is 0.111 e. The van der Waals surface area contributed by atoms with Gasteiger partial charge in [0.1, 0.15) is 6.34 Å². The molecule has 0 rings (SSSR count). The van der Waals surface area contributed by atoms with Crippen LogP contribution in [0, 0.1) is 0 Å². The molecule has 0 amide bonds. The summed E-state index contributed by atoms with van der Waals surface area (Å²) in [7, 11) is 0. The predicted octanol–water partition coefficient (Wildman–Crippen LogP) is 0.163. The maximum absolute atomic E-state index is 9.43. The lowest BCUT2D eigenvalue weighted by Crippen LogP contribution is -2.26. The Bertz CT molecular complexity index is 152. The molecule has 0 heterocycles. The largest absolute Gasteiger partial charge is 0.390 e. The highest BCUT2D eigenvalue weighted by Gasteiger charge is 2.15. The number of nitrogens with zero attached hydrogens (tertiary/aromatic N) is 2. The molecule has 0 aromatic heterocycles. The smallest absolute Gasteiger partial charge is 0.111 e. The Morgan fingerprint density at radius 1 is 1.64 bits per heavy atom. The second-order valence-electron chi connectivity index (χ2n) is 2.60. The van der Waals surface area contributed by atoms with Gasteiger partial charge in [-0.05, 0) is 13.3 Å². The van der Waals surface area contributed by atoms with Gasteiger partial charge in [0, 0.05) is 0 Å². The molecule has 1 unspecified atom stereocenters. The van der Waals surface area contributed by atoms with Crippen LogP contribution < -0.4 is 5.73 Å². The van der Waals surface area contributed by atoms with Crippen LogP contribution in [0.25, 0.3) is 0 Å². The average Bonchev–Trinajstić information content (AvgIpc) is 1.99. The van der Waals surface area contributed by atoms with Crippen LogP contribution in [0.4, 0.5) is 0 Å². The molecule has 0 saturated heterocycles. The summed E-state index contributed by atoms with van der Waals surface area (Å²) in [5.41, 5.74) is 4.24. The van der Waals surface area contributed by atoms with Crippen LogP contribution in [-0.2, 0) is 0 Å². The highest BCUT2D eigenvalue weighted by Crippen LogP contribution is 2.07. The van der Waals surface area contributed by atoms with Gasteiger partial charge in [-0.2, -0.15) is 0 Å². The number of aliphatic imine (C=N–C) groups is 2. The normalized spacial score (nSPS) is 17.7. The van der Waals surface area contributed by atoms with Crippen molar-refractivity contribution >= 4 is 12.7 Å². The van der Waals surface area contributed by atoms with Crippen LogP contribution in [0.5, 0.6) is 0 Å². The fourth-order valence-electron chi connectivity index (χ4n) is 0.435. The van der Waals surface area contributed by atoms with Gasteiger partial charge in [-0.15, -0.1) is 0 Å². The molecule has 0 aliphatic rings. The molecule has 0 fully saturated rings. The van der Waals surface area contributed by atoms with Crippen LogP contribution in [0.1, 0.15) is 20.3 Å². The Hall–Kier alpha value is -0.900. The molecule has 0 aliphatic carbocycles. The minimum Gasteiger partial charge on any atom is -0.390 e. The molecule has 0 spiro atoms. The van der Waals surface area contributed by atoms with Gasteiger partial charge in [-0.1, -0.05) is 6.92 Å². The van der Waals surface area contributed by atoms with Gasteiger partial charge in [0.25, 0.3) is 0 Å². The highest BCUT2D eigenvalue weighted by atomic mass is 16.3. The minimum atomic E-state index is -0.722. The van der Waals surface area contributed by atoms with E-state index in [1.807, 2.05) is 6.92 Å². The van der Waals surface area contributed by atoms with E-state index in [2.05, 4.69) is 9.98 Å². The molecular weight excluding hydrogens is 142 g/mol. The first-order valence-corrected chi connectivity index (χ1v) is 3.56. The van der Waals surface area contributed by atoms with E-state index in [1.54, 1.807) is 6.92 Å². The molecule has 0 aromatic rings. The van der Waals surface area contributed by atoms with Crippen LogP contribution in [0.2, 0.25) is 0 Å². The fraction of sp³-hybridized carbons (Fsp3) is 0.714. The Labute approximate surface area is 66.9 Å². The third kappa shape index (κ3) is 5.54. The monoisotopic (exact) mass is 157 g/mol. The quantitative estimate of drug-likeness (QED) is 0.451. The molecule has 11 heavy (non-hydrogen) atoms. The lowest BCUT2D eigenvalue weighted by molar-refractivity contribution is 0.0659. The number of aliphatic hydroxyl groups is 1. The molecule has 1 atom stereocenters. The van der Waals surface area contributed by atoms with E-state index in [9.17, 15) is 5.11 Å². The van der Waals surface area contributed by atoms with Crippen molar-refractivity contribution < 1.29 is 5.11 Å². The lowest BCUT2D eigenvalue weighted by Gasteiger charge is -2.17. The third-order valence-electron chi connectivity index (χ3n) is 1.43. The van der Waals surface area contributed by atoms with Crippen molar-refractivity contribution in [3.8, 4) is 0 Å². The molecule has 0 bridgehead atoms. The number of rotatable bonds is 4. The Morgan fingerprint density at radius 3 is 2.73 bits per heavy atom. The first-order chi connectivity index (χ1) is 5.12. The molecule has 64 valence electrons. The summed E-state index contributed by atoms with van der Waals surface area (Å²) in [6.07, 6.45) is 3.17. The molecule has 4 nitrogen and oxygen atoms in total. The number of hydrogen-bond donors (Lipinski definition) is 2. The standard InChI is InChI=1S/C7H15N3O/c1-3-7(2,11)4-9-6-10-5-8/h5-6,11H,3-4H2,1-2H3,(H2,8,9,10). The van der Waals surface area contributed by atoms with Gasteiger partial charge in [-0.25, -0.2) is 4.99 Å². The summed E-state index contributed by atoms with van der Waals surface area (Å²) >= 11 is 0. The molecule has 0 saturated carbocycles. The first kappa shape index (κ1) is 10.1. The second-order valence-corrected chi connectivity index (χ2v) is 2.60. The molecular formula is C7H15N3O. The van der Waals surface area contributed by atoms with Crippen LogP contribution in [-0.4, -0.2) is 29.9 Å². The Morgan fingerprint density at radius 2 is 2.27 bits per heavy atom. The summed E-state index contributed by atoms with van der Waals surface area (Å²) in [4.78, 5) is 7.41. The van der Waals surface area contributed by atoms with E-state index >= 15 is 0 Å². The molecule has 4 heteroatoms. The second kappa shape index (κ2) is 4.85. The molecule has 0 aliphatic heterocycles. The molecule has 3 N–H and O–H groups in total. The summed E-state index contributed by atoms with van der Waals surface area (Å²) in [5.74, 6) is 0. The Kier molecular flexibility index (Phi) is 4.45. The van der Waals surface area contributed by atoms with E-state index in [0.717, 1.165) is 6.34 Å². The topological polar surface area (TPSA) is 71.0 Å². The average molecular weight is 157 g/mol. The fourth-order valence-corrected chi connectivity index (χ4v) is 0.435. The van der Waals surface area contributed by atoms with E-state index in [-0.39, 0.29) is 0 Å². The molecule has 0 radical (unpaired) electrons. The lowest BCUT2D eigenvalue weighted by atomic mass is 10.1. The van der Waals surface area contributed by atoms with Crippen LogP contribution in [0.15, 0.2) is 9.98 Å².